The average Bonchev–Trinajstić information content (AvgIpc) is 3.30. The highest BCUT2D eigenvalue weighted by atomic mass is 32.2. The second kappa shape index (κ2) is 8.57. The van der Waals surface area contributed by atoms with E-state index in [-0.39, 0.29) is 11.7 Å². The molecule has 2 heterocycles. The molecule has 0 radical (unpaired) electrons. The number of carbonyl (C=O) groups excluding carboxylic acids is 1. The van der Waals surface area contributed by atoms with Gasteiger partial charge in [-0.25, -0.2) is 0 Å². The van der Waals surface area contributed by atoms with Crippen LogP contribution in [0.5, 0.6) is 5.75 Å². The maximum absolute atomic E-state index is 12.0. The van der Waals surface area contributed by atoms with E-state index in [1.54, 1.807) is 19.4 Å². The van der Waals surface area contributed by atoms with Crippen molar-refractivity contribution in [1.29, 1.82) is 0 Å². The van der Waals surface area contributed by atoms with Crippen LogP contribution in [0.25, 0.3) is 11.6 Å². The number of rotatable bonds is 8. The first-order valence-corrected chi connectivity index (χ1v) is 9.11. The van der Waals surface area contributed by atoms with E-state index in [1.807, 2.05) is 41.9 Å². The van der Waals surface area contributed by atoms with E-state index in [0.717, 1.165) is 17.7 Å². The topological polar surface area (TPSA) is 82.2 Å². The number of amides is 1. The molecule has 0 atom stereocenters. The summed E-state index contributed by atoms with van der Waals surface area (Å²) in [5.74, 6) is 2.36. The fraction of sp³-hybridized carbons (Fsp3) is 0.278. The van der Waals surface area contributed by atoms with E-state index in [9.17, 15) is 4.79 Å². The largest absolute Gasteiger partial charge is 0.497 e. The summed E-state index contributed by atoms with van der Waals surface area (Å²) in [7, 11) is 3.49. The van der Waals surface area contributed by atoms with Crippen molar-refractivity contribution < 1.29 is 13.9 Å². The third-order valence-electron chi connectivity index (χ3n) is 3.80. The van der Waals surface area contributed by atoms with Crippen molar-refractivity contribution in [2.75, 3.05) is 19.4 Å². The zero-order valence-electron chi connectivity index (χ0n) is 14.6. The molecule has 1 N–H and O–H groups in total. The maximum atomic E-state index is 12.0. The third-order valence-corrected chi connectivity index (χ3v) is 4.82. The Labute approximate surface area is 155 Å². The molecule has 2 aromatic heterocycles. The molecule has 26 heavy (non-hydrogen) atoms. The van der Waals surface area contributed by atoms with Crippen LogP contribution in [-0.4, -0.2) is 40.1 Å². The van der Waals surface area contributed by atoms with Crippen LogP contribution in [0, 0.1) is 0 Å². The van der Waals surface area contributed by atoms with Crippen molar-refractivity contribution in [1.82, 2.24) is 20.1 Å². The number of furan rings is 1. The first kappa shape index (κ1) is 18.1. The van der Waals surface area contributed by atoms with Crippen molar-refractivity contribution >= 4 is 17.7 Å². The van der Waals surface area contributed by atoms with Crippen LogP contribution in [0.2, 0.25) is 0 Å². The summed E-state index contributed by atoms with van der Waals surface area (Å²) in [5, 5.41) is 11.8. The van der Waals surface area contributed by atoms with Crippen molar-refractivity contribution in [3.8, 4) is 17.3 Å². The molecule has 0 aliphatic carbocycles. The van der Waals surface area contributed by atoms with Gasteiger partial charge in [-0.2, -0.15) is 0 Å². The highest BCUT2D eigenvalue weighted by Gasteiger charge is 2.14. The number of methoxy groups -OCH3 is 1. The van der Waals surface area contributed by atoms with Gasteiger partial charge in [-0.05, 0) is 36.2 Å². The molecule has 3 aromatic rings. The Hall–Kier alpha value is -2.74. The normalized spacial score (nSPS) is 10.7. The number of nitrogens with zero attached hydrogens (tertiary/aromatic N) is 3. The van der Waals surface area contributed by atoms with Crippen molar-refractivity contribution in [2.45, 2.75) is 11.6 Å². The van der Waals surface area contributed by atoms with E-state index in [0.29, 0.717) is 23.3 Å². The summed E-state index contributed by atoms with van der Waals surface area (Å²) in [6.45, 7) is 0.585. The van der Waals surface area contributed by atoms with Gasteiger partial charge in [0.2, 0.25) is 5.91 Å². The van der Waals surface area contributed by atoms with Gasteiger partial charge < -0.3 is 19.0 Å². The number of ether oxygens (including phenoxy) is 1. The number of hydrogen-bond acceptors (Lipinski definition) is 6. The lowest BCUT2D eigenvalue weighted by molar-refractivity contribution is -0.118. The van der Waals surface area contributed by atoms with Crippen LogP contribution in [0.4, 0.5) is 0 Å². The van der Waals surface area contributed by atoms with Gasteiger partial charge in [-0.3, -0.25) is 4.79 Å². The molecule has 1 aromatic carbocycles. The van der Waals surface area contributed by atoms with Crippen molar-refractivity contribution in [3.63, 3.8) is 0 Å². The Morgan fingerprint density at radius 3 is 2.77 bits per heavy atom. The predicted octanol–water partition coefficient (Wildman–Crippen LogP) is 2.53. The lowest BCUT2D eigenvalue weighted by atomic mass is 10.1. The molecule has 0 aliphatic rings. The van der Waals surface area contributed by atoms with Gasteiger partial charge >= 0.3 is 0 Å². The zero-order valence-corrected chi connectivity index (χ0v) is 15.5. The first-order valence-electron chi connectivity index (χ1n) is 8.13. The monoisotopic (exact) mass is 372 g/mol. The molecular weight excluding hydrogens is 352 g/mol. The number of hydrogen-bond donors (Lipinski definition) is 1. The Balaban J connectivity index is 1.44. The lowest BCUT2D eigenvalue weighted by Gasteiger charge is -2.06. The van der Waals surface area contributed by atoms with Gasteiger partial charge in [0.15, 0.2) is 16.7 Å². The minimum Gasteiger partial charge on any atom is -0.497 e. The van der Waals surface area contributed by atoms with Crippen molar-refractivity contribution in [3.05, 3.63) is 48.2 Å². The summed E-state index contributed by atoms with van der Waals surface area (Å²) < 4.78 is 12.3. The SMILES string of the molecule is COc1ccc(CCNC(=O)CSc2nnc(-c3ccco3)n2C)cc1. The number of aromatic nitrogens is 3. The number of thioether (sulfide) groups is 1. The zero-order chi connectivity index (χ0) is 18.4. The molecular formula is C18H20N4O3S. The fourth-order valence-electron chi connectivity index (χ4n) is 2.38. The molecule has 1 amide bonds. The minimum absolute atomic E-state index is 0.0361. The van der Waals surface area contributed by atoms with Crippen LogP contribution in [0.15, 0.2) is 52.2 Å². The fourth-order valence-corrected chi connectivity index (χ4v) is 3.12. The smallest absolute Gasteiger partial charge is 0.230 e. The summed E-state index contributed by atoms with van der Waals surface area (Å²) in [6, 6.07) is 11.4. The Morgan fingerprint density at radius 1 is 1.27 bits per heavy atom. The van der Waals surface area contributed by atoms with Gasteiger partial charge in [0.25, 0.3) is 0 Å². The molecule has 0 unspecified atom stereocenters. The van der Waals surface area contributed by atoms with Gasteiger partial charge in [-0.15, -0.1) is 10.2 Å². The van der Waals surface area contributed by atoms with Crippen LogP contribution in [-0.2, 0) is 18.3 Å². The second-order valence-electron chi connectivity index (χ2n) is 5.58. The van der Waals surface area contributed by atoms with E-state index in [2.05, 4.69) is 15.5 Å². The summed E-state index contributed by atoms with van der Waals surface area (Å²) in [6.07, 6.45) is 2.36. The standard InChI is InChI=1S/C18H20N4O3S/c1-22-17(15-4-3-11-25-15)20-21-18(22)26-12-16(23)19-10-9-13-5-7-14(24-2)8-6-13/h3-8,11H,9-10,12H2,1-2H3,(H,19,23). The summed E-state index contributed by atoms with van der Waals surface area (Å²) >= 11 is 1.34. The van der Waals surface area contributed by atoms with Crippen LogP contribution in [0.3, 0.4) is 0 Å². The number of nitrogens with one attached hydrogen (secondary N) is 1. The van der Waals surface area contributed by atoms with Gasteiger partial charge in [0.05, 0.1) is 19.1 Å². The van der Waals surface area contributed by atoms with Crippen molar-refractivity contribution in [2.24, 2.45) is 7.05 Å². The first-order chi connectivity index (χ1) is 12.7. The van der Waals surface area contributed by atoms with E-state index in [1.165, 1.54) is 11.8 Å². The third kappa shape index (κ3) is 4.45. The molecule has 0 bridgehead atoms. The quantitative estimate of drug-likeness (QED) is 0.612. The number of benzene rings is 1. The van der Waals surface area contributed by atoms with Crippen LogP contribution in [0.1, 0.15) is 5.56 Å². The van der Waals surface area contributed by atoms with Gasteiger partial charge in [-0.1, -0.05) is 23.9 Å². The summed E-state index contributed by atoms with van der Waals surface area (Å²) in [4.78, 5) is 12.0. The maximum Gasteiger partial charge on any atom is 0.230 e. The minimum atomic E-state index is -0.0361. The Bertz CT molecular complexity index is 844. The van der Waals surface area contributed by atoms with Gasteiger partial charge in [0.1, 0.15) is 5.75 Å². The number of carbonyl (C=O) groups is 1. The highest BCUT2D eigenvalue weighted by Crippen LogP contribution is 2.22. The molecule has 136 valence electrons. The molecule has 0 saturated carbocycles. The molecule has 8 heteroatoms. The predicted molar refractivity (Wildman–Crippen MR) is 99.1 cm³/mol. The van der Waals surface area contributed by atoms with E-state index >= 15 is 0 Å². The van der Waals surface area contributed by atoms with Gasteiger partial charge in [0, 0.05) is 13.6 Å². The average molecular weight is 372 g/mol. The molecule has 0 fully saturated rings. The summed E-state index contributed by atoms with van der Waals surface area (Å²) in [5.41, 5.74) is 1.15. The molecule has 3 rings (SSSR count). The Kier molecular flexibility index (Phi) is 5.96. The second-order valence-corrected chi connectivity index (χ2v) is 6.52. The van der Waals surface area contributed by atoms with E-state index in [4.69, 9.17) is 9.15 Å². The molecule has 0 spiro atoms. The lowest BCUT2D eigenvalue weighted by Crippen LogP contribution is -2.27. The van der Waals surface area contributed by atoms with Crippen LogP contribution < -0.4 is 10.1 Å². The Morgan fingerprint density at radius 2 is 2.08 bits per heavy atom. The van der Waals surface area contributed by atoms with Crippen LogP contribution >= 0.6 is 11.8 Å². The molecule has 0 saturated heterocycles. The highest BCUT2D eigenvalue weighted by molar-refractivity contribution is 7.99. The molecule has 0 aliphatic heterocycles. The molecule has 7 nitrogen and oxygen atoms in total. The van der Waals surface area contributed by atoms with E-state index < -0.39 is 0 Å².